The highest BCUT2D eigenvalue weighted by molar-refractivity contribution is 6.29. The summed E-state index contributed by atoms with van der Waals surface area (Å²) in [5.74, 6) is 0.254. The van der Waals surface area contributed by atoms with Crippen LogP contribution in [0.15, 0.2) is 36.4 Å². The maximum atomic E-state index is 13.0. The van der Waals surface area contributed by atoms with Gasteiger partial charge >= 0.3 is 12.3 Å². The molecule has 0 N–H and O–H groups in total. The first kappa shape index (κ1) is 25.3. The number of pyridine rings is 1. The van der Waals surface area contributed by atoms with E-state index in [0.717, 1.165) is 36.1 Å². The van der Waals surface area contributed by atoms with Crippen LogP contribution in [-0.2, 0) is 28.9 Å². The lowest BCUT2D eigenvalue weighted by Gasteiger charge is -2.34. The fraction of sp³-hybridized carbons (Fsp3) is 0.500. The number of aromatic nitrogens is 1. The number of amides is 1. The Labute approximate surface area is 196 Å². The summed E-state index contributed by atoms with van der Waals surface area (Å²) in [5.41, 5.74) is 0.829. The van der Waals surface area contributed by atoms with E-state index in [4.69, 9.17) is 21.1 Å². The molecule has 0 radical (unpaired) electrons. The summed E-state index contributed by atoms with van der Waals surface area (Å²) >= 11 is 5.74. The number of piperidine rings is 1. The summed E-state index contributed by atoms with van der Waals surface area (Å²) in [4.78, 5) is 18.0. The van der Waals surface area contributed by atoms with Gasteiger partial charge in [0.05, 0.1) is 24.5 Å². The number of benzene rings is 1. The van der Waals surface area contributed by atoms with Crippen LogP contribution in [0.4, 0.5) is 18.0 Å². The van der Waals surface area contributed by atoms with Gasteiger partial charge < -0.3 is 14.4 Å². The number of ether oxygens (including phenoxy) is 2. The minimum Gasteiger partial charge on any atom is -0.444 e. The first-order valence-electron chi connectivity index (χ1n) is 10.8. The fourth-order valence-corrected chi connectivity index (χ4v) is 4.04. The van der Waals surface area contributed by atoms with Crippen molar-refractivity contribution in [2.24, 2.45) is 0 Å². The van der Waals surface area contributed by atoms with Crippen molar-refractivity contribution < 1.29 is 27.4 Å². The van der Waals surface area contributed by atoms with Gasteiger partial charge in [0.25, 0.3) is 0 Å². The molecule has 0 unspecified atom stereocenters. The molecule has 1 aliphatic rings. The normalized spacial score (nSPS) is 15.5. The highest BCUT2D eigenvalue weighted by Crippen LogP contribution is 2.33. The number of halogens is 4. The molecule has 0 atom stereocenters. The molecule has 1 amide bonds. The third kappa shape index (κ3) is 7.33. The SMILES string of the molecule is CC(C)(C)OC(=O)N1CCC(c2ccccc2COCc2cc(C(F)(F)F)cc(Cl)n2)CC1. The zero-order chi connectivity index (χ0) is 24.2. The molecule has 0 spiro atoms. The molecule has 3 rings (SSSR count). The van der Waals surface area contributed by atoms with Gasteiger partial charge in [0, 0.05) is 13.1 Å². The predicted molar refractivity (Wildman–Crippen MR) is 119 cm³/mol. The molecule has 0 saturated carbocycles. The Morgan fingerprint density at radius 2 is 1.79 bits per heavy atom. The summed E-state index contributed by atoms with van der Waals surface area (Å²) in [6.07, 6.45) is -3.21. The van der Waals surface area contributed by atoms with E-state index < -0.39 is 17.3 Å². The van der Waals surface area contributed by atoms with Crippen LogP contribution in [0.2, 0.25) is 5.15 Å². The van der Waals surface area contributed by atoms with Gasteiger partial charge in [-0.1, -0.05) is 35.9 Å². The van der Waals surface area contributed by atoms with Crippen molar-refractivity contribution in [2.75, 3.05) is 13.1 Å². The van der Waals surface area contributed by atoms with Crippen LogP contribution in [0, 0.1) is 0 Å². The van der Waals surface area contributed by atoms with Crippen LogP contribution in [0.3, 0.4) is 0 Å². The first-order valence-corrected chi connectivity index (χ1v) is 11.2. The van der Waals surface area contributed by atoms with Crippen molar-refractivity contribution in [2.45, 2.75) is 64.5 Å². The molecule has 0 aliphatic carbocycles. The molecular formula is C24H28ClF3N2O3. The molecule has 1 aromatic heterocycles. The average molecular weight is 485 g/mol. The molecule has 33 heavy (non-hydrogen) atoms. The van der Waals surface area contributed by atoms with E-state index in [1.165, 1.54) is 0 Å². The Hall–Kier alpha value is -2.32. The molecule has 0 bridgehead atoms. The van der Waals surface area contributed by atoms with Gasteiger partial charge in [-0.05, 0) is 62.8 Å². The number of nitrogens with zero attached hydrogens (tertiary/aromatic N) is 2. The third-order valence-electron chi connectivity index (χ3n) is 5.32. The number of carbonyl (C=O) groups is 1. The smallest absolute Gasteiger partial charge is 0.416 e. The van der Waals surface area contributed by atoms with E-state index in [9.17, 15) is 18.0 Å². The lowest BCUT2D eigenvalue weighted by atomic mass is 9.87. The van der Waals surface area contributed by atoms with Crippen molar-refractivity contribution in [1.82, 2.24) is 9.88 Å². The monoisotopic (exact) mass is 484 g/mol. The summed E-state index contributed by atoms with van der Waals surface area (Å²) < 4.78 is 50.1. The van der Waals surface area contributed by atoms with Gasteiger partial charge in [-0.25, -0.2) is 9.78 Å². The number of alkyl halides is 3. The Kier molecular flexibility index (Phi) is 7.90. The van der Waals surface area contributed by atoms with Crippen molar-refractivity contribution in [1.29, 1.82) is 0 Å². The Morgan fingerprint density at radius 1 is 1.12 bits per heavy atom. The Bertz CT molecular complexity index is 968. The highest BCUT2D eigenvalue weighted by atomic mass is 35.5. The van der Waals surface area contributed by atoms with Crippen LogP contribution >= 0.6 is 11.6 Å². The van der Waals surface area contributed by atoms with Gasteiger partial charge in [0.2, 0.25) is 0 Å². The van der Waals surface area contributed by atoms with Gasteiger partial charge in [-0.15, -0.1) is 0 Å². The second-order valence-corrected chi connectivity index (χ2v) is 9.49. The standard InChI is InChI=1S/C24H28ClF3N2O3/c1-23(2,3)33-22(31)30-10-8-16(9-11-30)20-7-5-4-6-17(20)14-32-15-19-12-18(24(26,27)28)13-21(25)29-19/h4-7,12-13,16H,8-11,14-15H2,1-3H3. The molecule has 2 heterocycles. The lowest BCUT2D eigenvalue weighted by molar-refractivity contribution is -0.137. The van der Waals surface area contributed by atoms with Crippen molar-refractivity contribution >= 4 is 17.7 Å². The van der Waals surface area contributed by atoms with E-state index in [1.807, 2.05) is 45.0 Å². The molecule has 5 nitrogen and oxygen atoms in total. The summed E-state index contributed by atoms with van der Waals surface area (Å²) in [5, 5.41) is -0.222. The van der Waals surface area contributed by atoms with Gasteiger partial charge in [0.15, 0.2) is 0 Å². The molecule has 1 aliphatic heterocycles. The quantitative estimate of drug-likeness (QED) is 0.449. The second-order valence-electron chi connectivity index (χ2n) is 9.10. The maximum Gasteiger partial charge on any atom is 0.416 e. The van der Waals surface area contributed by atoms with Crippen LogP contribution < -0.4 is 0 Å². The second kappa shape index (κ2) is 10.3. The van der Waals surface area contributed by atoms with Crippen LogP contribution in [-0.4, -0.2) is 34.7 Å². The zero-order valence-electron chi connectivity index (χ0n) is 18.9. The molecule has 180 valence electrons. The van der Waals surface area contributed by atoms with Crippen molar-refractivity contribution in [3.63, 3.8) is 0 Å². The Morgan fingerprint density at radius 3 is 2.42 bits per heavy atom. The zero-order valence-corrected chi connectivity index (χ0v) is 19.7. The molecular weight excluding hydrogens is 457 g/mol. The van der Waals surface area contributed by atoms with E-state index >= 15 is 0 Å². The topological polar surface area (TPSA) is 51.7 Å². The highest BCUT2D eigenvalue weighted by Gasteiger charge is 2.31. The Balaban J connectivity index is 1.60. The number of carbonyl (C=O) groups excluding carboxylic acids is 1. The summed E-state index contributed by atoms with van der Waals surface area (Å²) in [6, 6.07) is 9.58. The van der Waals surface area contributed by atoms with Crippen LogP contribution in [0.5, 0.6) is 0 Å². The first-order chi connectivity index (χ1) is 15.4. The van der Waals surface area contributed by atoms with Gasteiger partial charge in [-0.2, -0.15) is 13.2 Å². The molecule has 9 heteroatoms. The number of hydrogen-bond acceptors (Lipinski definition) is 4. The minimum atomic E-state index is -4.50. The van der Waals surface area contributed by atoms with E-state index in [2.05, 4.69) is 4.98 Å². The van der Waals surface area contributed by atoms with Gasteiger partial charge in [0.1, 0.15) is 10.8 Å². The van der Waals surface area contributed by atoms with Crippen LogP contribution in [0.1, 0.15) is 61.9 Å². The lowest BCUT2D eigenvalue weighted by Crippen LogP contribution is -2.41. The summed E-state index contributed by atoms with van der Waals surface area (Å²) in [7, 11) is 0. The van der Waals surface area contributed by atoms with Gasteiger partial charge in [-0.3, -0.25) is 0 Å². The third-order valence-corrected chi connectivity index (χ3v) is 5.52. The predicted octanol–water partition coefficient (Wildman–Crippen LogP) is 6.59. The molecule has 2 aromatic rings. The van der Waals surface area contributed by atoms with Crippen molar-refractivity contribution in [3.8, 4) is 0 Å². The van der Waals surface area contributed by atoms with Crippen molar-refractivity contribution in [3.05, 3.63) is 63.9 Å². The average Bonchev–Trinajstić information content (AvgIpc) is 2.72. The van der Waals surface area contributed by atoms with E-state index in [-0.39, 0.29) is 36.1 Å². The maximum absolute atomic E-state index is 13.0. The summed E-state index contributed by atoms with van der Waals surface area (Å²) in [6.45, 7) is 6.88. The number of likely N-dealkylation sites (tertiary alicyclic amines) is 1. The fourth-order valence-electron chi connectivity index (χ4n) is 3.82. The van der Waals surface area contributed by atoms with E-state index in [0.29, 0.717) is 13.1 Å². The minimum absolute atomic E-state index is 0.0882. The molecule has 1 fully saturated rings. The molecule has 1 aromatic carbocycles. The van der Waals surface area contributed by atoms with E-state index in [1.54, 1.807) is 4.90 Å². The largest absolute Gasteiger partial charge is 0.444 e. The number of rotatable bonds is 5. The van der Waals surface area contributed by atoms with Crippen LogP contribution in [0.25, 0.3) is 0 Å². The molecule has 1 saturated heterocycles. The number of hydrogen-bond donors (Lipinski definition) is 0.